The summed E-state index contributed by atoms with van der Waals surface area (Å²) < 4.78 is 27.6. The molecule has 3 atom stereocenters. The van der Waals surface area contributed by atoms with Crippen LogP contribution in [0.2, 0.25) is 0 Å². The molecule has 1 aliphatic carbocycles. The van der Waals surface area contributed by atoms with E-state index in [1.165, 1.54) is 35.0 Å². The largest absolute Gasteiger partial charge is 0.390 e. The number of aliphatic hydroxyl groups is 1. The molecule has 0 bridgehead atoms. The van der Waals surface area contributed by atoms with Gasteiger partial charge in [-0.1, -0.05) is 25.1 Å². The first-order valence-electron chi connectivity index (χ1n) is 12.1. The summed E-state index contributed by atoms with van der Waals surface area (Å²) in [5.41, 5.74) is 4.54. The fraction of sp³-hybridized carbons (Fsp3) is 0.357. The summed E-state index contributed by atoms with van der Waals surface area (Å²) in [6.07, 6.45) is 6.08. The molecule has 2 aromatic carbocycles. The lowest BCUT2D eigenvalue weighted by Gasteiger charge is -2.30. The van der Waals surface area contributed by atoms with E-state index in [9.17, 15) is 18.7 Å². The van der Waals surface area contributed by atoms with Crippen LogP contribution in [0.3, 0.4) is 0 Å². The third kappa shape index (κ3) is 6.50. The quantitative estimate of drug-likeness (QED) is 0.428. The van der Waals surface area contributed by atoms with E-state index in [0.717, 1.165) is 31.7 Å². The van der Waals surface area contributed by atoms with Crippen molar-refractivity contribution >= 4 is 5.91 Å². The summed E-state index contributed by atoms with van der Waals surface area (Å²) in [6, 6.07) is 12.4. The van der Waals surface area contributed by atoms with Crippen molar-refractivity contribution in [1.29, 1.82) is 0 Å². The Balaban J connectivity index is 1.50. The number of aromatic nitrogens is 1. The number of aryl methyl sites for hydroxylation is 2. The molecule has 4 rings (SSSR count). The van der Waals surface area contributed by atoms with Gasteiger partial charge in [0.15, 0.2) is 0 Å². The molecule has 5 nitrogen and oxygen atoms in total. The van der Waals surface area contributed by atoms with Crippen LogP contribution in [0.4, 0.5) is 8.78 Å². The fourth-order valence-corrected chi connectivity index (χ4v) is 4.70. The number of carbonyl (C=O) groups excluding carboxylic acids is 1. The maximum atomic E-state index is 13.8. The highest BCUT2D eigenvalue weighted by Gasteiger charge is 2.26. The van der Waals surface area contributed by atoms with Gasteiger partial charge in [0.2, 0.25) is 0 Å². The summed E-state index contributed by atoms with van der Waals surface area (Å²) in [6.45, 7) is 2.35. The lowest BCUT2D eigenvalue weighted by atomic mass is 9.86. The highest BCUT2D eigenvalue weighted by Crippen LogP contribution is 2.30. The molecule has 0 saturated carbocycles. The summed E-state index contributed by atoms with van der Waals surface area (Å²) in [7, 11) is 0. The molecule has 3 N–H and O–H groups in total. The molecular weight excluding hydrogens is 448 g/mol. The van der Waals surface area contributed by atoms with Crippen LogP contribution < -0.4 is 10.6 Å². The molecular formula is C28H31F2N3O2. The van der Waals surface area contributed by atoms with Gasteiger partial charge in [0.1, 0.15) is 11.6 Å². The Bertz CT molecular complexity index is 1140. The number of nitrogens with zero attached hydrogens (tertiary/aromatic N) is 1. The molecule has 184 valence electrons. The van der Waals surface area contributed by atoms with Crippen LogP contribution in [0, 0.1) is 11.6 Å². The smallest absolute Gasteiger partial charge is 0.253 e. The normalized spacial score (nSPS) is 16.9. The molecule has 1 amide bonds. The minimum Gasteiger partial charge on any atom is -0.390 e. The lowest BCUT2D eigenvalue weighted by Crippen LogP contribution is -2.49. The fourth-order valence-electron chi connectivity index (χ4n) is 4.70. The van der Waals surface area contributed by atoms with Crippen molar-refractivity contribution < 1.29 is 18.7 Å². The van der Waals surface area contributed by atoms with Crippen molar-refractivity contribution in [2.75, 3.05) is 6.54 Å². The molecule has 3 aromatic rings. The topological polar surface area (TPSA) is 74.2 Å². The van der Waals surface area contributed by atoms with Crippen molar-refractivity contribution in [2.45, 2.75) is 57.2 Å². The number of pyridine rings is 1. The van der Waals surface area contributed by atoms with Gasteiger partial charge in [0, 0.05) is 31.0 Å². The van der Waals surface area contributed by atoms with Gasteiger partial charge in [0.05, 0.1) is 17.7 Å². The zero-order chi connectivity index (χ0) is 24.8. The first-order valence-corrected chi connectivity index (χ1v) is 12.1. The van der Waals surface area contributed by atoms with Gasteiger partial charge >= 0.3 is 0 Å². The van der Waals surface area contributed by atoms with Gasteiger partial charge in [0.25, 0.3) is 5.91 Å². The van der Waals surface area contributed by atoms with Crippen molar-refractivity contribution in [3.63, 3.8) is 0 Å². The van der Waals surface area contributed by atoms with Crippen LogP contribution in [-0.4, -0.2) is 34.7 Å². The minimum absolute atomic E-state index is 0.0742. The number of carbonyl (C=O) groups is 1. The summed E-state index contributed by atoms with van der Waals surface area (Å²) in [5.74, 6) is -1.80. The van der Waals surface area contributed by atoms with Gasteiger partial charge in [-0.05, 0) is 78.6 Å². The summed E-state index contributed by atoms with van der Waals surface area (Å²) >= 11 is 0. The van der Waals surface area contributed by atoms with Gasteiger partial charge in [-0.15, -0.1) is 0 Å². The number of nitrogens with one attached hydrogen (secondary N) is 2. The Hall–Kier alpha value is -3.16. The third-order valence-corrected chi connectivity index (χ3v) is 6.59. The Morgan fingerprint density at radius 3 is 2.66 bits per heavy atom. The van der Waals surface area contributed by atoms with E-state index in [2.05, 4.69) is 40.7 Å². The number of fused-ring (bicyclic) bond motifs is 1. The predicted molar refractivity (Wildman–Crippen MR) is 131 cm³/mol. The third-order valence-electron chi connectivity index (χ3n) is 6.59. The molecule has 35 heavy (non-hydrogen) atoms. The standard InChI is InChI=1S/C28H31F2N3O2/c1-2-18-8-9-20-5-3-7-25(24(20)13-18)32-17-27(34)26(14-19-11-22(29)15-23(30)12-19)33-28(35)21-6-4-10-31-16-21/h4,6,8-13,15-16,25-27,32,34H,2-3,5,7,14,17H2,1H3,(H,33,35). The first kappa shape index (κ1) is 24.9. The lowest BCUT2D eigenvalue weighted by molar-refractivity contribution is 0.0822. The Morgan fingerprint density at radius 2 is 1.94 bits per heavy atom. The van der Waals surface area contributed by atoms with Crippen molar-refractivity contribution in [3.8, 4) is 0 Å². The number of halogens is 2. The van der Waals surface area contributed by atoms with Gasteiger partial charge in [-0.25, -0.2) is 8.78 Å². The molecule has 1 aromatic heterocycles. The molecule has 1 aliphatic rings. The zero-order valence-electron chi connectivity index (χ0n) is 19.8. The van der Waals surface area contributed by atoms with Crippen molar-refractivity contribution in [3.05, 3.63) is 100 Å². The first-order chi connectivity index (χ1) is 16.9. The van der Waals surface area contributed by atoms with Crippen LogP contribution >= 0.6 is 0 Å². The van der Waals surface area contributed by atoms with E-state index in [1.54, 1.807) is 18.3 Å². The maximum absolute atomic E-state index is 13.8. The van der Waals surface area contributed by atoms with E-state index in [4.69, 9.17) is 0 Å². The highest BCUT2D eigenvalue weighted by molar-refractivity contribution is 5.94. The number of amides is 1. The maximum Gasteiger partial charge on any atom is 0.253 e. The minimum atomic E-state index is -0.985. The van der Waals surface area contributed by atoms with E-state index in [1.807, 2.05) is 0 Å². The Labute approximate surface area is 204 Å². The predicted octanol–water partition coefficient (Wildman–Crippen LogP) is 4.29. The molecule has 0 aliphatic heterocycles. The molecule has 0 saturated heterocycles. The second-order valence-electron chi connectivity index (χ2n) is 9.11. The molecule has 0 spiro atoms. The summed E-state index contributed by atoms with van der Waals surface area (Å²) in [4.78, 5) is 16.8. The van der Waals surface area contributed by atoms with Crippen LogP contribution in [0.15, 0.2) is 60.9 Å². The highest BCUT2D eigenvalue weighted by atomic mass is 19.1. The monoisotopic (exact) mass is 479 g/mol. The van der Waals surface area contributed by atoms with Gasteiger partial charge in [-0.2, -0.15) is 0 Å². The van der Waals surface area contributed by atoms with Crippen molar-refractivity contribution in [1.82, 2.24) is 15.6 Å². The van der Waals surface area contributed by atoms with E-state index in [-0.39, 0.29) is 19.0 Å². The van der Waals surface area contributed by atoms with Crippen LogP contribution in [-0.2, 0) is 19.3 Å². The average Bonchev–Trinajstić information content (AvgIpc) is 2.86. The second kappa shape index (κ2) is 11.5. The van der Waals surface area contributed by atoms with E-state index < -0.39 is 29.7 Å². The molecule has 0 radical (unpaired) electrons. The van der Waals surface area contributed by atoms with Gasteiger partial charge in [-0.3, -0.25) is 9.78 Å². The molecule has 7 heteroatoms. The number of benzene rings is 2. The number of hydrogen-bond acceptors (Lipinski definition) is 4. The number of rotatable bonds is 9. The van der Waals surface area contributed by atoms with Crippen molar-refractivity contribution in [2.24, 2.45) is 0 Å². The molecule has 3 unspecified atom stereocenters. The zero-order valence-corrected chi connectivity index (χ0v) is 19.8. The van der Waals surface area contributed by atoms with Gasteiger partial charge < -0.3 is 15.7 Å². The average molecular weight is 480 g/mol. The SMILES string of the molecule is CCc1ccc2c(c1)C(NCC(O)C(Cc1cc(F)cc(F)c1)NC(=O)c1cccnc1)CCC2. The van der Waals surface area contributed by atoms with E-state index in [0.29, 0.717) is 11.1 Å². The number of hydrogen-bond donors (Lipinski definition) is 3. The Morgan fingerprint density at radius 1 is 1.14 bits per heavy atom. The Kier molecular flexibility index (Phi) is 8.21. The second-order valence-corrected chi connectivity index (χ2v) is 9.11. The molecule has 1 heterocycles. The number of aliphatic hydroxyl groups excluding tert-OH is 1. The van der Waals surface area contributed by atoms with Crippen LogP contribution in [0.25, 0.3) is 0 Å². The summed E-state index contributed by atoms with van der Waals surface area (Å²) in [5, 5.41) is 17.4. The van der Waals surface area contributed by atoms with Crippen LogP contribution in [0.5, 0.6) is 0 Å². The molecule has 0 fully saturated rings. The van der Waals surface area contributed by atoms with Crippen LogP contribution in [0.1, 0.15) is 58.4 Å². The van der Waals surface area contributed by atoms with E-state index >= 15 is 0 Å².